The van der Waals surface area contributed by atoms with Gasteiger partial charge in [-0.2, -0.15) is 0 Å². The number of hydrogen-bond acceptors (Lipinski definition) is 12. The fraction of sp³-hybridized carbons (Fsp3) is 0.595. The van der Waals surface area contributed by atoms with Crippen LogP contribution in [0.25, 0.3) is 0 Å². The molecule has 7 rings (SSSR count). The van der Waals surface area contributed by atoms with E-state index in [2.05, 4.69) is 21.9 Å². The van der Waals surface area contributed by atoms with Crippen LogP contribution in [0.3, 0.4) is 0 Å². The van der Waals surface area contributed by atoms with Crippen molar-refractivity contribution in [2.24, 2.45) is 5.92 Å². The molecule has 2 bridgehead atoms. The Morgan fingerprint density at radius 2 is 1.82 bits per heavy atom. The van der Waals surface area contributed by atoms with Gasteiger partial charge in [0, 0.05) is 30.9 Å². The molecule has 5 fully saturated rings. The topological polar surface area (TPSA) is 227 Å². The number of benzene rings is 1. The second-order valence-corrected chi connectivity index (χ2v) is 18.4. The lowest BCUT2D eigenvalue weighted by molar-refractivity contribution is -0.157. The predicted octanol–water partition coefficient (Wildman–Crippen LogP) is 0.726. The number of nitrogens with zero attached hydrogens (tertiary/aromatic N) is 3. The average Bonchev–Trinajstić information content (AvgIpc) is 3.88. The molecule has 20 heteroatoms. The maximum Gasteiger partial charge on any atom is 0.410 e. The number of carbonyl (C=O) groups excluding carboxylic acids is 7. The van der Waals surface area contributed by atoms with Crippen molar-refractivity contribution in [3.05, 3.63) is 47.8 Å². The van der Waals surface area contributed by atoms with Crippen molar-refractivity contribution in [1.29, 1.82) is 0 Å². The van der Waals surface area contributed by atoms with E-state index in [9.17, 15) is 46.4 Å². The minimum absolute atomic E-state index is 0.0111. The normalized spacial score (nSPS) is 27.9. The van der Waals surface area contributed by atoms with Crippen molar-refractivity contribution in [3.8, 4) is 0 Å². The van der Waals surface area contributed by atoms with Gasteiger partial charge >= 0.3 is 18.2 Å². The SMILES string of the molecule is C=CC1C[C@]1(NC(=O)[C@@H]1C[C@@H](OC(=O)N2Cc3cccc(F)c3C2)CN1C(=O)[C@H](CC(=O)N1C[C@@H]2C[C@@H]1C(=O)O2)NC(=O)OC(C)(C)C)C(=O)NS(=O)(=O)C1CC1. The summed E-state index contributed by atoms with van der Waals surface area (Å²) in [6.45, 7) is 8.11. The molecule has 0 aromatic heterocycles. The van der Waals surface area contributed by atoms with Crippen LogP contribution in [0, 0.1) is 11.7 Å². The van der Waals surface area contributed by atoms with Crippen LogP contribution in [0.15, 0.2) is 30.9 Å². The summed E-state index contributed by atoms with van der Waals surface area (Å²) in [4.78, 5) is 98.3. The monoisotopic (exact) mass is 816 g/mol. The Balaban J connectivity index is 1.14. The fourth-order valence-electron chi connectivity index (χ4n) is 7.89. The molecule has 0 spiro atoms. The molecule has 1 unspecified atom stereocenters. The number of fused-ring (bicyclic) bond motifs is 3. The Labute approximate surface area is 327 Å². The molecular formula is C37H45FN6O12S. The van der Waals surface area contributed by atoms with Gasteiger partial charge in [0.1, 0.15) is 47.3 Å². The van der Waals surface area contributed by atoms with Crippen LogP contribution in [0.2, 0.25) is 0 Å². The van der Waals surface area contributed by atoms with E-state index in [0.717, 1.165) is 4.90 Å². The fourth-order valence-corrected chi connectivity index (χ4v) is 9.25. The molecule has 4 heterocycles. The molecule has 1 aromatic rings. The molecule has 6 aliphatic rings. The zero-order valence-electron chi connectivity index (χ0n) is 31.7. The molecule has 6 amide bonds. The van der Waals surface area contributed by atoms with Gasteiger partial charge in [0.2, 0.25) is 27.7 Å². The van der Waals surface area contributed by atoms with Gasteiger partial charge in [0.05, 0.1) is 31.3 Å². The molecule has 308 valence electrons. The quantitative estimate of drug-likeness (QED) is 0.160. The number of alkyl carbamates (subject to hydrolysis) is 1. The van der Waals surface area contributed by atoms with Gasteiger partial charge in [-0.3, -0.25) is 28.8 Å². The highest BCUT2D eigenvalue weighted by atomic mass is 32.2. The zero-order chi connectivity index (χ0) is 41.2. The molecule has 57 heavy (non-hydrogen) atoms. The van der Waals surface area contributed by atoms with E-state index < -0.39 is 123 Å². The predicted molar refractivity (Wildman–Crippen MR) is 193 cm³/mol. The molecule has 3 N–H and O–H groups in total. The van der Waals surface area contributed by atoms with Crippen LogP contribution in [-0.4, -0.2) is 125 Å². The van der Waals surface area contributed by atoms with E-state index in [1.54, 1.807) is 26.8 Å². The number of likely N-dealkylation sites (tertiary alicyclic amines) is 2. The number of hydrogen-bond donors (Lipinski definition) is 3. The highest BCUT2D eigenvalue weighted by Crippen LogP contribution is 2.45. The first kappa shape index (κ1) is 39.9. The highest BCUT2D eigenvalue weighted by Gasteiger charge is 2.62. The number of ether oxygens (including phenoxy) is 3. The standard InChI is InChI=1S/C37H45FN6O12S/c1-5-20-14-37(20,33(49)41-57(52,53)23-9-10-23)40-30(46)27-11-22(55-35(51)42-15-19-7-6-8-25(38)24(19)18-42)17-44(27)31(47)26(39-34(50)56-36(2,3)4)13-29(45)43-16-21-12-28(43)32(48)54-21/h5-8,20-23,26-28H,1,9-18H2,2-4H3,(H,39,50)(H,40,46)(H,41,49)/t20?,21-,22+,26-,27-,28+,37+/m0/s1. The van der Waals surface area contributed by atoms with Crippen LogP contribution in [0.4, 0.5) is 14.0 Å². The van der Waals surface area contributed by atoms with E-state index in [1.165, 1.54) is 28.0 Å². The average molecular weight is 817 g/mol. The molecule has 2 aliphatic carbocycles. The van der Waals surface area contributed by atoms with Gasteiger partial charge < -0.3 is 34.6 Å². The summed E-state index contributed by atoms with van der Waals surface area (Å²) in [5.74, 6) is -5.21. The lowest BCUT2D eigenvalue weighted by atomic mass is 10.1. The minimum Gasteiger partial charge on any atom is -0.459 e. The van der Waals surface area contributed by atoms with Crippen molar-refractivity contribution in [3.63, 3.8) is 0 Å². The van der Waals surface area contributed by atoms with E-state index >= 15 is 0 Å². The van der Waals surface area contributed by atoms with E-state index in [-0.39, 0.29) is 38.9 Å². The smallest absolute Gasteiger partial charge is 0.410 e. The highest BCUT2D eigenvalue weighted by molar-refractivity contribution is 7.91. The molecule has 7 atom stereocenters. The van der Waals surface area contributed by atoms with Gasteiger partial charge in [-0.15, -0.1) is 6.58 Å². The Hall–Kier alpha value is -5.27. The first-order valence-corrected chi connectivity index (χ1v) is 20.4. The largest absolute Gasteiger partial charge is 0.459 e. The van der Waals surface area contributed by atoms with Crippen LogP contribution >= 0.6 is 0 Å². The molecule has 3 saturated heterocycles. The summed E-state index contributed by atoms with van der Waals surface area (Å²) < 4.78 is 58.3. The van der Waals surface area contributed by atoms with Gasteiger partial charge in [-0.25, -0.2) is 27.2 Å². The Kier molecular flexibility index (Phi) is 10.2. The van der Waals surface area contributed by atoms with Gasteiger partial charge in [-0.05, 0) is 51.7 Å². The number of amides is 6. The summed E-state index contributed by atoms with van der Waals surface area (Å²) >= 11 is 0. The molecule has 4 aliphatic heterocycles. The number of carbonyl (C=O) groups is 7. The summed E-state index contributed by atoms with van der Waals surface area (Å²) in [6, 6.07) is 0.495. The number of nitrogens with one attached hydrogen (secondary N) is 3. The van der Waals surface area contributed by atoms with E-state index in [0.29, 0.717) is 24.0 Å². The Morgan fingerprint density at radius 1 is 1.09 bits per heavy atom. The molecule has 2 saturated carbocycles. The maximum atomic E-state index is 14.6. The third-order valence-corrected chi connectivity index (χ3v) is 12.9. The van der Waals surface area contributed by atoms with Crippen LogP contribution in [0.5, 0.6) is 0 Å². The summed E-state index contributed by atoms with van der Waals surface area (Å²) in [7, 11) is -4.01. The third kappa shape index (κ3) is 8.13. The van der Waals surface area contributed by atoms with Gasteiger partial charge in [0.15, 0.2) is 0 Å². The van der Waals surface area contributed by atoms with Crippen molar-refractivity contribution in [1.82, 2.24) is 30.1 Å². The van der Waals surface area contributed by atoms with Gasteiger partial charge in [-0.1, -0.05) is 18.2 Å². The Bertz CT molecular complexity index is 2040. The lowest BCUT2D eigenvalue weighted by Crippen LogP contribution is -2.59. The van der Waals surface area contributed by atoms with Crippen molar-refractivity contribution in [2.75, 3.05) is 13.1 Å². The molecule has 0 radical (unpaired) electrons. The van der Waals surface area contributed by atoms with E-state index in [4.69, 9.17) is 14.2 Å². The number of morpholine rings is 1. The summed E-state index contributed by atoms with van der Waals surface area (Å²) in [5.41, 5.74) is -1.82. The minimum atomic E-state index is -4.01. The Morgan fingerprint density at radius 3 is 2.44 bits per heavy atom. The molecule has 1 aromatic carbocycles. The first-order valence-electron chi connectivity index (χ1n) is 18.8. The van der Waals surface area contributed by atoms with Crippen LogP contribution < -0.4 is 15.4 Å². The van der Waals surface area contributed by atoms with Crippen molar-refractivity contribution >= 4 is 51.8 Å². The van der Waals surface area contributed by atoms with Crippen LogP contribution in [-0.2, 0) is 61.3 Å². The number of rotatable bonds is 11. The molecular weight excluding hydrogens is 772 g/mol. The van der Waals surface area contributed by atoms with Crippen LogP contribution in [0.1, 0.15) is 70.4 Å². The second-order valence-electron chi connectivity index (χ2n) is 16.4. The van der Waals surface area contributed by atoms with Gasteiger partial charge in [0.25, 0.3) is 5.91 Å². The number of sulfonamides is 1. The maximum absolute atomic E-state index is 14.6. The third-order valence-electron chi connectivity index (χ3n) is 11.1. The first-order chi connectivity index (χ1) is 26.8. The lowest BCUT2D eigenvalue weighted by Gasteiger charge is -2.32. The molecule has 18 nitrogen and oxygen atoms in total. The summed E-state index contributed by atoms with van der Waals surface area (Å²) in [5, 5.41) is 4.33. The van der Waals surface area contributed by atoms with Crippen molar-refractivity contribution in [2.45, 2.75) is 119 Å². The number of esters is 1. The second kappa shape index (κ2) is 14.6. The number of halogens is 1. The van der Waals surface area contributed by atoms with E-state index in [1.807, 2.05) is 0 Å². The van der Waals surface area contributed by atoms with Crippen molar-refractivity contribution < 1.29 is 60.6 Å². The summed E-state index contributed by atoms with van der Waals surface area (Å²) in [6.07, 6.45) is -2.05. The zero-order valence-corrected chi connectivity index (χ0v) is 32.5.